The van der Waals surface area contributed by atoms with E-state index in [9.17, 15) is 14.4 Å². The number of hydrogen-bond acceptors (Lipinski definition) is 5. The maximum absolute atomic E-state index is 12.4. The average Bonchev–Trinajstić information content (AvgIpc) is 2.72. The van der Waals surface area contributed by atoms with Crippen molar-refractivity contribution in [1.82, 2.24) is 5.32 Å². The predicted octanol–water partition coefficient (Wildman–Crippen LogP) is 2.71. The second-order valence-corrected chi connectivity index (χ2v) is 7.23. The molecule has 0 saturated carbocycles. The van der Waals surface area contributed by atoms with E-state index in [0.29, 0.717) is 6.42 Å². The van der Waals surface area contributed by atoms with Gasteiger partial charge in [0.1, 0.15) is 11.4 Å². The van der Waals surface area contributed by atoms with Crippen molar-refractivity contribution in [2.45, 2.75) is 52.7 Å². The summed E-state index contributed by atoms with van der Waals surface area (Å²) < 4.78 is 11.2. The Morgan fingerprint density at radius 1 is 1.17 bits per heavy atom. The first kappa shape index (κ1) is 18.0. The molecular formula is C18H23NO5. The molecule has 1 heterocycles. The maximum atomic E-state index is 12.4. The highest BCUT2D eigenvalue weighted by atomic mass is 16.6. The number of ether oxygens (including phenoxy) is 2. The molecule has 2 rings (SSSR count). The normalized spacial score (nSPS) is 15.1. The standard InChI is InChI=1S/C18H23NO5/c1-10(2)9-13(17(22)24-18(3,4)5)23-12-8-6-7-11-14(12)16(21)19-15(11)20/h6-8,10,13H,9H2,1-5H3,(H,19,20,21). The summed E-state index contributed by atoms with van der Waals surface area (Å²) in [6.45, 7) is 9.27. The molecule has 2 amide bonds. The Labute approximate surface area is 141 Å². The number of carbonyl (C=O) groups excluding carboxylic acids is 3. The SMILES string of the molecule is CC(C)CC(Oc1cccc2c1C(=O)NC2=O)C(=O)OC(C)(C)C. The Hall–Kier alpha value is -2.37. The van der Waals surface area contributed by atoms with E-state index in [1.54, 1.807) is 39.0 Å². The smallest absolute Gasteiger partial charge is 0.347 e. The Morgan fingerprint density at radius 3 is 2.42 bits per heavy atom. The molecule has 0 fully saturated rings. The number of hydrogen-bond donors (Lipinski definition) is 1. The van der Waals surface area contributed by atoms with E-state index in [0.717, 1.165) is 0 Å². The van der Waals surface area contributed by atoms with Crippen LogP contribution in [0.1, 0.15) is 61.8 Å². The lowest BCUT2D eigenvalue weighted by Gasteiger charge is -2.25. The average molecular weight is 333 g/mol. The molecule has 1 aliphatic rings. The van der Waals surface area contributed by atoms with Crippen molar-refractivity contribution in [3.63, 3.8) is 0 Å². The molecule has 6 heteroatoms. The van der Waals surface area contributed by atoms with Crippen LogP contribution in [0.4, 0.5) is 0 Å². The molecule has 0 aliphatic carbocycles. The third-order valence-corrected chi connectivity index (χ3v) is 3.35. The molecule has 1 N–H and O–H groups in total. The van der Waals surface area contributed by atoms with Gasteiger partial charge in [-0.1, -0.05) is 19.9 Å². The van der Waals surface area contributed by atoms with Crippen LogP contribution in [-0.2, 0) is 9.53 Å². The van der Waals surface area contributed by atoms with Gasteiger partial charge in [-0.05, 0) is 45.2 Å². The molecule has 24 heavy (non-hydrogen) atoms. The molecule has 6 nitrogen and oxygen atoms in total. The molecule has 0 saturated heterocycles. The van der Waals surface area contributed by atoms with Crippen molar-refractivity contribution in [1.29, 1.82) is 0 Å². The van der Waals surface area contributed by atoms with Crippen molar-refractivity contribution in [3.05, 3.63) is 29.3 Å². The number of fused-ring (bicyclic) bond motifs is 1. The fraction of sp³-hybridized carbons (Fsp3) is 0.500. The minimum atomic E-state index is -0.848. The van der Waals surface area contributed by atoms with Crippen LogP contribution in [-0.4, -0.2) is 29.5 Å². The number of benzene rings is 1. The first-order chi connectivity index (χ1) is 11.1. The van der Waals surface area contributed by atoms with E-state index >= 15 is 0 Å². The van der Waals surface area contributed by atoms with Gasteiger partial charge in [-0.15, -0.1) is 0 Å². The van der Waals surface area contributed by atoms with Crippen LogP contribution in [0.2, 0.25) is 0 Å². The second kappa shape index (κ2) is 6.63. The summed E-state index contributed by atoms with van der Waals surface area (Å²) in [4.78, 5) is 36.1. The highest BCUT2D eigenvalue weighted by molar-refractivity contribution is 6.22. The van der Waals surface area contributed by atoms with E-state index in [1.165, 1.54) is 0 Å². The van der Waals surface area contributed by atoms with Crippen LogP contribution >= 0.6 is 0 Å². The number of esters is 1. The van der Waals surface area contributed by atoms with Crippen LogP contribution in [0.5, 0.6) is 5.75 Å². The highest BCUT2D eigenvalue weighted by Gasteiger charge is 2.33. The van der Waals surface area contributed by atoms with Crippen molar-refractivity contribution in [2.24, 2.45) is 5.92 Å². The topological polar surface area (TPSA) is 81.7 Å². The molecule has 1 atom stereocenters. The molecule has 0 spiro atoms. The molecule has 1 aromatic rings. The number of carbonyl (C=O) groups is 3. The van der Waals surface area contributed by atoms with Gasteiger partial charge in [0, 0.05) is 0 Å². The highest BCUT2D eigenvalue weighted by Crippen LogP contribution is 2.28. The first-order valence-electron chi connectivity index (χ1n) is 7.96. The molecular weight excluding hydrogens is 310 g/mol. The Bertz CT molecular complexity index is 672. The Kier molecular flexibility index (Phi) is 4.96. The van der Waals surface area contributed by atoms with Gasteiger partial charge in [0.25, 0.3) is 11.8 Å². The zero-order chi connectivity index (χ0) is 18.1. The van der Waals surface area contributed by atoms with Crippen molar-refractivity contribution in [3.8, 4) is 5.75 Å². The van der Waals surface area contributed by atoms with Gasteiger partial charge in [0.15, 0.2) is 6.10 Å². The summed E-state index contributed by atoms with van der Waals surface area (Å²) in [6.07, 6.45) is -0.409. The number of nitrogens with one attached hydrogen (secondary N) is 1. The molecule has 0 aromatic heterocycles. The van der Waals surface area contributed by atoms with Gasteiger partial charge >= 0.3 is 5.97 Å². The summed E-state index contributed by atoms with van der Waals surface area (Å²) in [5.41, 5.74) is -0.216. The van der Waals surface area contributed by atoms with Gasteiger partial charge in [0.05, 0.1) is 11.1 Å². The lowest BCUT2D eigenvalue weighted by Crippen LogP contribution is -2.36. The van der Waals surface area contributed by atoms with Crippen LogP contribution in [0.25, 0.3) is 0 Å². The summed E-state index contributed by atoms with van der Waals surface area (Å²) >= 11 is 0. The van der Waals surface area contributed by atoms with E-state index in [4.69, 9.17) is 9.47 Å². The van der Waals surface area contributed by atoms with Gasteiger partial charge < -0.3 is 9.47 Å². The third-order valence-electron chi connectivity index (χ3n) is 3.35. The van der Waals surface area contributed by atoms with Crippen LogP contribution in [0.15, 0.2) is 18.2 Å². The van der Waals surface area contributed by atoms with Crippen molar-refractivity contribution < 1.29 is 23.9 Å². The quantitative estimate of drug-likeness (QED) is 0.662. The van der Waals surface area contributed by atoms with Gasteiger partial charge in [-0.3, -0.25) is 14.9 Å². The number of imide groups is 1. The van der Waals surface area contributed by atoms with Crippen LogP contribution < -0.4 is 10.1 Å². The largest absolute Gasteiger partial charge is 0.478 e. The lowest BCUT2D eigenvalue weighted by molar-refractivity contribution is -0.164. The molecule has 1 aromatic carbocycles. The fourth-order valence-electron chi connectivity index (χ4n) is 2.43. The summed E-state index contributed by atoms with van der Waals surface area (Å²) in [7, 11) is 0. The van der Waals surface area contributed by atoms with E-state index < -0.39 is 29.5 Å². The Balaban J connectivity index is 2.30. The summed E-state index contributed by atoms with van der Waals surface area (Å²) in [6, 6.07) is 4.75. The van der Waals surface area contributed by atoms with Crippen molar-refractivity contribution >= 4 is 17.8 Å². The van der Waals surface area contributed by atoms with Crippen molar-refractivity contribution in [2.75, 3.05) is 0 Å². The lowest BCUT2D eigenvalue weighted by atomic mass is 10.0. The number of amides is 2. The minimum absolute atomic E-state index is 0.166. The monoisotopic (exact) mass is 333 g/mol. The van der Waals surface area contributed by atoms with E-state index in [2.05, 4.69) is 5.32 Å². The van der Waals surface area contributed by atoms with Crippen LogP contribution in [0.3, 0.4) is 0 Å². The zero-order valence-electron chi connectivity index (χ0n) is 14.6. The van der Waals surface area contributed by atoms with E-state index in [-0.39, 0.29) is 22.8 Å². The third kappa shape index (κ3) is 4.13. The summed E-state index contributed by atoms with van der Waals surface area (Å²) in [5, 5.41) is 2.23. The number of rotatable bonds is 5. The molecule has 1 aliphatic heterocycles. The van der Waals surface area contributed by atoms with Crippen LogP contribution in [0, 0.1) is 5.92 Å². The molecule has 1 unspecified atom stereocenters. The minimum Gasteiger partial charge on any atom is -0.478 e. The first-order valence-corrected chi connectivity index (χ1v) is 7.96. The molecule has 0 bridgehead atoms. The zero-order valence-corrected chi connectivity index (χ0v) is 14.6. The Morgan fingerprint density at radius 2 is 1.83 bits per heavy atom. The van der Waals surface area contributed by atoms with E-state index in [1.807, 2.05) is 13.8 Å². The van der Waals surface area contributed by atoms with Gasteiger partial charge in [-0.25, -0.2) is 4.79 Å². The summed E-state index contributed by atoms with van der Waals surface area (Å²) in [5.74, 6) is -1.06. The maximum Gasteiger partial charge on any atom is 0.347 e. The predicted molar refractivity (Wildman–Crippen MR) is 88.0 cm³/mol. The second-order valence-electron chi connectivity index (χ2n) is 7.23. The van der Waals surface area contributed by atoms with Gasteiger partial charge in [-0.2, -0.15) is 0 Å². The molecule has 0 radical (unpaired) electrons. The molecule has 130 valence electrons. The fourth-order valence-corrected chi connectivity index (χ4v) is 2.43. The van der Waals surface area contributed by atoms with Gasteiger partial charge in [0.2, 0.25) is 0 Å².